The van der Waals surface area contributed by atoms with Gasteiger partial charge in [0.15, 0.2) is 0 Å². The number of ether oxygens (including phenoxy) is 2. The van der Waals surface area contributed by atoms with Crippen molar-refractivity contribution in [1.82, 2.24) is 0 Å². The van der Waals surface area contributed by atoms with Gasteiger partial charge < -0.3 is 14.3 Å². The number of nitrogens with zero attached hydrogens (tertiary/aromatic N) is 1. The Balaban J connectivity index is 2.49. The summed E-state index contributed by atoms with van der Waals surface area (Å²) in [6, 6.07) is 7.74. The number of hydrogen-bond acceptors (Lipinski definition) is 6. The molecule has 0 unspecified atom stereocenters. The van der Waals surface area contributed by atoms with Crippen molar-refractivity contribution >= 4 is 28.3 Å². The van der Waals surface area contributed by atoms with Crippen molar-refractivity contribution < 1.29 is 45.4 Å². The summed E-state index contributed by atoms with van der Waals surface area (Å²) in [6.07, 6.45) is -8.82. The predicted octanol–water partition coefficient (Wildman–Crippen LogP) is 6.90. The molecule has 0 amide bonds. The number of methoxy groups -OCH3 is 2. The lowest BCUT2D eigenvalue weighted by Gasteiger charge is -2.16. The average Bonchev–Trinajstić information content (AvgIpc) is 2.80. The van der Waals surface area contributed by atoms with Gasteiger partial charge in [0.2, 0.25) is 0 Å². The zero-order chi connectivity index (χ0) is 27.1. The average molecular weight is 536 g/mol. The zero-order valence-corrected chi connectivity index (χ0v) is 20.5. The molecule has 0 aliphatic carbocycles. The van der Waals surface area contributed by atoms with Gasteiger partial charge in [-0.25, -0.2) is 4.79 Å². The van der Waals surface area contributed by atoms with Gasteiger partial charge in [-0.05, 0) is 23.8 Å². The molecule has 0 heterocycles. The number of thioether (sulfide) groups is 1. The van der Waals surface area contributed by atoms with Gasteiger partial charge in [0.1, 0.15) is 17.2 Å². The van der Waals surface area contributed by atoms with Crippen LogP contribution in [0.15, 0.2) is 53.9 Å². The molecule has 2 rings (SSSR count). The highest BCUT2D eigenvalue weighted by atomic mass is 32.2. The highest BCUT2D eigenvalue weighted by Crippen LogP contribution is 2.37. The summed E-state index contributed by atoms with van der Waals surface area (Å²) in [5.74, 6) is -0.688. The minimum absolute atomic E-state index is 0.0503. The highest BCUT2D eigenvalue weighted by Gasteiger charge is 2.37. The molecule has 0 radical (unpaired) electrons. The lowest BCUT2D eigenvalue weighted by molar-refractivity contribution is -0.143. The molecule has 0 N–H and O–H groups in total. The Morgan fingerprint density at radius 3 is 2.08 bits per heavy atom. The van der Waals surface area contributed by atoms with Crippen LogP contribution >= 0.6 is 11.8 Å². The first-order valence-corrected chi connectivity index (χ1v) is 11.2. The second kappa shape index (κ2) is 12.2. The van der Waals surface area contributed by atoms with Crippen LogP contribution in [-0.4, -0.2) is 30.5 Å². The molecule has 0 aromatic heterocycles. The van der Waals surface area contributed by atoms with E-state index in [0.717, 1.165) is 11.8 Å². The standard InChI is InChI=1S/C24H23F6NO4S/c1-14(2)36-21(16-9-17(23(25,26)27)11-18(10-16)24(28,29)30)31-35-12-15-7-5-6-8-19(15)20(13-33-3)22(32)34-4/h5-11,13-14H,12H2,1-4H3/b20-13+,31-21-. The van der Waals surface area contributed by atoms with Crippen LogP contribution in [0.3, 0.4) is 0 Å². The fourth-order valence-corrected chi connectivity index (χ4v) is 3.76. The molecule has 2 aromatic carbocycles. The molecule has 2 aromatic rings. The molecule has 12 heteroatoms. The van der Waals surface area contributed by atoms with Crippen molar-refractivity contribution in [3.63, 3.8) is 0 Å². The van der Waals surface area contributed by atoms with Gasteiger partial charge in [-0.15, -0.1) is 0 Å². The molecule has 36 heavy (non-hydrogen) atoms. The van der Waals surface area contributed by atoms with Gasteiger partial charge in [0.05, 0.1) is 31.6 Å². The van der Waals surface area contributed by atoms with E-state index in [1.54, 1.807) is 38.1 Å². The Bertz CT molecular complexity index is 1090. The van der Waals surface area contributed by atoms with Gasteiger partial charge in [0.25, 0.3) is 0 Å². The molecule has 0 saturated heterocycles. The largest absolute Gasteiger partial charge is 0.503 e. The third-order valence-electron chi connectivity index (χ3n) is 4.50. The molecule has 5 nitrogen and oxygen atoms in total. The molecule has 0 spiro atoms. The van der Waals surface area contributed by atoms with Crippen LogP contribution in [0.2, 0.25) is 0 Å². The topological polar surface area (TPSA) is 57.1 Å². The second-order valence-electron chi connectivity index (χ2n) is 7.55. The van der Waals surface area contributed by atoms with E-state index < -0.39 is 35.0 Å². The smallest absolute Gasteiger partial charge is 0.416 e. The van der Waals surface area contributed by atoms with Crippen molar-refractivity contribution in [3.8, 4) is 0 Å². The molecular formula is C24H23F6NO4S. The maximum Gasteiger partial charge on any atom is 0.416 e. The van der Waals surface area contributed by atoms with Gasteiger partial charge in [-0.3, -0.25) is 0 Å². The lowest BCUT2D eigenvalue weighted by Crippen LogP contribution is -2.14. The third kappa shape index (κ3) is 7.94. The van der Waals surface area contributed by atoms with E-state index >= 15 is 0 Å². The molecule has 0 atom stereocenters. The van der Waals surface area contributed by atoms with Crippen molar-refractivity contribution in [1.29, 1.82) is 0 Å². The van der Waals surface area contributed by atoms with Crippen LogP contribution in [-0.2, 0) is 38.1 Å². The minimum Gasteiger partial charge on any atom is -0.503 e. The molecule has 0 fully saturated rings. The van der Waals surface area contributed by atoms with Gasteiger partial charge in [-0.2, -0.15) is 26.3 Å². The van der Waals surface area contributed by atoms with Crippen molar-refractivity contribution in [2.45, 2.75) is 38.1 Å². The number of halogens is 6. The number of esters is 1. The Morgan fingerprint density at radius 2 is 1.58 bits per heavy atom. The number of oxime groups is 1. The van der Waals surface area contributed by atoms with E-state index in [2.05, 4.69) is 5.16 Å². The van der Waals surface area contributed by atoms with Crippen LogP contribution < -0.4 is 0 Å². The fraction of sp³-hybridized carbons (Fsp3) is 0.333. The minimum atomic E-state index is -5.00. The number of benzene rings is 2. The Labute approximate surface area is 208 Å². The van der Waals surface area contributed by atoms with Gasteiger partial charge >= 0.3 is 18.3 Å². The number of carbonyl (C=O) groups excluding carboxylic acids is 1. The highest BCUT2D eigenvalue weighted by molar-refractivity contribution is 8.14. The van der Waals surface area contributed by atoms with Crippen molar-refractivity contribution in [2.75, 3.05) is 14.2 Å². The Morgan fingerprint density at radius 1 is 1.00 bits per heavy atom. The molecular weight excluding hydrogens is 512 g/mol. The van der Waals surface area contributed by atoms with Crippen LogP contribution in [0.1, 0.15) is 41.7 Å². The Kier molecular flexibility index (Phi) is 9.85. The van der Waals surface area contributed by atoms with Crippen molar-refractivity contribution in [3.05, 3.63) is 76.5 Å². The summed E-state index contributed by atoms with van der Waals surface area (Å²) in [7, 11) is 2.53. The first-order chi connectivity index (χ1) is 16.8. The number of carbonyl (C=O) groups is 1. The van der Waals surface area contributed by atoms with E-state index in [9.17, 15) is 31.1 Å². The number of rotatable bonds is 8. The quantitative estimate of drug-likeness (QED) is 0.0700. The molecule has 0 aliphatic rings. The van der Waals surface area contributed by atoms with E-state index in [-0.39, 0.29) is 28.5 Å². The first kappa shape index (κ1) is 29.1. The van der Waals surface area contributed by atoms with Crippen molar-refractivity contribution in [2.24, 2.45) is 5.16 Å². The van der Waals surface area contributed by atoms with E-state index in [1.165, 1.54) is 20.5 Å². The summed E-state index contributed by atoms with van der Waals surface area (Å²) in [5.41, 5.74) is -2.39. The Hall–Kier alpha value is -3.15. The third-order valence-corrected chi connectivity index (χ3v) is 5.50. The summed E-state index contributed by atoms with van der Waals surface area (Å²) in [6.45, 7) is 3.15. The summed E-state index contributed by atoms with van der Waals surface area (Å²) >= 11 is 0.938. The second-order valence-corrected chi connectivity index (χ2v) is 9.11. The van der Waals surface area contributed by atoms with Crippen LogP contribution in [0.5, 0.6) is 0 Å². The van der Waals surface area contributed by atoms with Crippen LogP contribution in [0, 0.1) is 0 Å². The zero-order valence-electron chi connectivity index (χ0n) is 19.7. The van der Waals surface area contributed by atoms with Gasteiger partial charge in [-0.1, -0.05) is 55.0 Å². The fourth-order valence-electron chi connectivity index (χ4n) is 2.96. The SMILES string of the molecule is CO/C=C(/C(=O)OC)c1ccccc1CO/N=C(\SC(C)C)c1cc(C(F)(F)F)cc(C(F)(F)F)c1. The van der Waals surface area contributed by atoms with E-state index in [1.807, 2.05) is 0 Å². The molecule has 0 aliphatic heterocycles. The molecule has 196 valence electrons. The van der Waals surface area contributed by atoms with Crippen LogP contribution in [0.25, 0.3) is 5.57 Å². The number of alkyl halides is 6. The normalized spacial score (nSPS) is 13.1. The maximum atomic E-state index is 13.3. The van der Waals surface area contributed by atoms with E-state index in [4.69, 9.17) is 14.3 Å². The monoisotopic (exact) mass is 535 g/mol. The lowest BCUT2D eigenvalue weighted by atomic mass is 10.0. The van der Waals surface area contributed by atoms with Crippen LogP contribution in [0.4, 0.5) is 26.3 Å². The first-order valence-electron chi connectivity index (χ1n) is 10.3. The van der Waals surface area contributed by atoms with Gasteiger partial charge in [0, 0.05) is 16.4 Å². The molecule has 0 bridgehead atoms. The molecule has 0 saturated carbocycles. The van der Waals surface area contributed by atoms with E-state index in [0.29, 0.717) is 23.3 Å². The maximum absolute atomic E-state index is 13.3. The summed E-state index contributed by atoms with van der Waals surface area (Å²) in [4.78, 5) is 17.5. The summed E-state index contributed by atoms with van der Waals surface area (Å²) < 4.78 is 89.6. The number of hydrogen-bond donors (Lipinski definition) is 0. The predicted molar refractivity (Wildman–Crippen MR) is 124 cm³/mol. The summed E-state index contributed by atoms with van der Waals surface area (Å²) in [5, 5.41) is 3.46.